The predicted molar refractivity (Wildman–Crippen MR) is 86.1 cm³/mol. The Hall–Kier alpha value is -1.42. The van der Waals surface area contributed by atoms with Crippen LogP contribution in [0.1, 0.15) is 71.1 Å². The van der Waals surface area contributed by atoms with E-state index in [0.717, 1.165) is 38.5 Å². The Morgan fingerprint density at radius 1 is 1.05 bits per heavy atom. The number of carbonyl (C=O) groups is 2. The van der Waals surface area contributed by atoms with Gasteiger partial charge in [-0.15, -0.1) is 0 Å². The summed E-state index contributed by atoms with van der Waals surface area (Å²) in [6, 6.07) is 0. The molecule has 0 radical (unpaired) electrons. The minimum absolute atomic E-state index is 0.0436. The van der Waals surface area contributed by atoms with Crippen molar-refractivity contribution in [1.82, 2.24) is 0 Å². The summed E-state index contributed by atoms with van der Waals surface area (Å²) in [7, 11) is 0. The molecule has 4 nitrogen and oxygen atoms in total. The Kier molecular flexibility index (Phi) is 13.6. The molecule has 4 heteroatoms. The van der Waals surface area contributed by atoms with Gasteiger partial charge in [0.1, 0.15) is 0 Å². The second kappa shape index (κ2) is 14.5. The molecule has 126 valence electrons. The largest absolute Gasteiger partial charge is 0.550 e. The maximum atomic E-state index is 11.5. The van der Waals surface area contributed by atoms with Gasteiger partial charge >= 0.3 is 0 Å². The van der Waals surface area contributed by atoms with Gasteiger partial charge in [-0.2, -0.15) is 0 Å². The first-order valence-electron chi connectivity index (χ1n) is 8.30. The van der Waals surface area contributed by atoms with Crippen LogP contribution in [0.15, 0.2) is 24.3 Å². The van der Waals surface area contributed by atoms with Gasteiger partial charge in [0.2, 0.25) is 0 Å². The second-order valence-corrected chi connectivity index (χ2v) is 5.49. The summed E-state index contributed by atoms with van der Waals surface area (Å²) in [5.41, 5.74) is 0. The fourth-order valence-electron chi connectivity index (χ4n) is 2.06. The monoisotopic (exact) mass is 309 g/mol. The molecule has 0 saturated carbocycles. The molecule has 1 unspecified atom stereocenters. The van der Waals surface area contributed by atoms with Crippen molar-refractivity contribution in [2.45, 2.75) is 77.2 Å². The van der Waals surface area contributed by atoms with E-state index >= 15 is 0 Å². The van der Waals surface area contributed by atoms with Crippen LogP contribution in [-0.2, 0) is 9.59 Å². The lowest BCUT2D eigenvalue weighted by Crippen LogP contribution is -2.21. The molecule has 0 aliphatic rings. The van der Waals surface area contributed by atoms with Crippen molar-refractivity contribution in [3.63, 3.8) is 0 Å². The summed E-state index contributed by atoms with van der Waals surface area (Å²) in [5.74, 6) is -0.947. The molecule has 0 heterocycles. The topological polar surface area (TPSA) is 77.4 Å². The Morgan fingerprint density at radius 2 is 1.73 bits per heavy atom. The van der Waals surface area contributed by atoms with Gasteiger partial charge in [0.25, 0.3) is 0 Å². The maximum absolute atomic E-state index is 11.5. The molecule has 0 aromatic rings. The van der Waals surface area contributed by atoms with Gasteiger partial charge in [-0.1, -0.05) is 50.8 Å². The van der Waals surface area contributed by atoms with Crippen LogP contribution in [0.3, 0.4) is 0 Å². The standard InChI is InChI=1S/C18H30O4/c1-2-3-4-8-11-16(19)14-15-17(20)12-9-6-5-7-10-13-18(21)22/h3-4,14-15,17,20H,2,5-13H2,1H3,(H,21,22)/p-1/b4-3-,15-14+. The number of aliphatic hydroxyl groups excluding tert-OH is 1. The Bertz CT molecular complexity index is 358. The molecule has 0 aromatic carbocycles. The average molecular weight is 309 g/mol. The van der Waals surface area contributed by atoms with Crippen LogP contribution in [0.4, 0.5) is 0 Å². The van der Waals surface area contributed by atoms with Crippen molar-refractivity contribution >= 4 is 11.8 Å². The van der Waals surface area contributed by atoms with Gasteiger partial charge in [0, 0.05) is 12.4 Å². The van der Waals surface area contributed by atoms with E-state index < -0.39 is 12.1 Å². The molecular formula is C18H29O4-. The van der Waals surface area contributed by atoms with E-state index in [0.29, 0.717) is 19.3 Å². The number of carbonyl (C=O) groups excluding carboxylic acids is 2. The lowest BCUT2D eigenvalue weighted by atomic mass is 10.1. The molecule has 1 atom stereocenters. The van der Waals surface area contributed by atoms with E-state index in [-0.39, 0.29) is 12.2 Å². The summed E-state index contributed by atoms with van der Waals surface area (Å²) in [6.45, 7) is 2.05. The number of aliphatic hydroxyl groups is 1. The van der Waals surface area contributed by atoms with Crippen molar-refractivity contribution in [3.8, 4) is 0 Å². The number of unbranched alkanes of at least 4 members (excludes halogenated alkanes) is 4. The van der Waals surface area contributed by atoms with Gasteiger partial charge in [-0.25, -0.2) is 0 Å². The van der Waals surface area contributed by atoms with Crippen molar-refractivity contribution in [3.05, 3.63) is 24.3 Å². The first-order chi connectivity index (χ1) is 10.6. The van der Waals surface area contributed by atoms with E-state index in [4.69, 9.17) is 0 Å². The second-order valence-electron chi connectivity index (χ2n) is 5.49. The average Bonchev–Trinajstić information content (AvgIpc) is 2.48. The van der Waals surface area contributed by atoms with Crippen molar-refractivity contribution < 1.29 is 19.8 Å². The lowest BCUT2D eigenvalue weighted by molar-refractivity contribution is -0.305. The van der Waals surface area contributed by atoms with Crippen LogP contribution in [-0.4, -0.2) is 23.0 Å². The lowest BCUT2D eigenvalue weighted by Gasteiger charge is -2.05. The van der Waals surface area contributed by atoms with Crippen molar-refractivity contribution in [2.24, 2.45) is 0 Å². The smallest absolute Gasteiger partial charge is 0.155 e. The highest BCUT2D eigenvalue weighted by molar-refractivity contribution is 5.89. The number of allylic oxidation sites excluding steroid dienone is 3. The minimum Gasteiger partial charge on any atom is -0.550 e. The number of carboxylic acid groups (broad SMARTS) is 1. The molecule has 1 N–H and O–H groups in total. The quantitative estimate of drug-likeness (QED) is 0.304. The summed E-state index contributed by atoms with van der Waals surface area (Å²) < 4.78 is 0. The molecule has 0 aliphatic carbocycles. The van der Waals surface area contributed by atoms with Gasteiger partial charge in [0.05, 0.1) is 6.10 Å². The van der Waals surface area contributed by atoms with Gasteiger partial charge in [0.15, 0.2) is 5.78 Å². The third-order valence-corrected chi connectivity index (χ3v) is 3.34. The van der Waals surface area contributed by atoms with E-state index in [1.54, 1.807) is 6.08 Å². The highest BCUT2D eigenvalue weighted by Gasteiger charge is 2.01. The molecule has 0 saturated heterocycles. The molecule has 0 aliphatic heterocycles. The normalized spacial score (nSPS) is 13.0. The molecule has 0 rings (SSSR count). The van der Waals surface area contributed by atoms with Gasteiger partial charge in [-0.05, 0) is 38.2 Å². The SMILES string of the molecule is CC/C=C\CCC(=O)/C=C/C(O)CCCCCCCC(=O)[O-]. The summed E-state index contributed by atoms with van der Waals surface area (Å²) in [4.78, 5) is 21.7. The third-order valence-electron chi connectivity index (χ3n) is 3.34. The molecular weight excluding hydrogens is 280 g/mol. The van der Waals surface area contributed by atoms with Gasteiger partial charge < -0.3 is 15.0 Å². The fourth-order valence-corrected chi connectivity index (χ4v) is 2.06. The van der Waals surface area contributed by atoms with Crippen molar-refractivity contribution in [1.29, 1.82) is 0 Å². The van der Waals surface area contributed by atoms with Crippen molar-refractivity contribution in [2.75, 3.05) is 0 Å². The van der Waals surface area contributed by atoms with Gasteiger partial charge in [-0.3, -0.25) is 4.79 Å². The molecule has 0 spiro atoms. The molecule has 0 fully saturated rings. The highest BCUT2D eigenvalue weighted by Crippen LogP contribution is 2.09. The molecule has 0 amide bonds. The zero-order valence-corrected chi connectivity index (χ0v) is 13.6. The molecule has 22 heavy (non-hydrogen) atoms. The van der Waals surface area contributed by atoms with E-state index in [9.17, 15) is 19.8 Å². The van der Waals surface area contributed by atoms with E-state index in [1.165, 1.54) is 6.08 Å². The number of rotatable bonds is 14. The predicted octanol–water partition coefficient (Wildman–Crippen LogP) is 2.70. The maximum Gasteiger partial charge on any atom is 0.155 e. The fraction of sp³-hybridized carbons (Fsp3) is 0.667. The summed E-state index contributed by atoms with van der Waals surface area (Å²) >= 11 is 0. The van der Waals surface area contributed by atoms with E-state index in [2.05, 4.69) is 6.92 Å². The highest BCUT2D eigenvalue weighted by atomic mass is 16.4. The van der Waals surface area contributed by atoms with Crippen LogP contribution in [0.25, 0.3) is 0 Å². The number of hydrogen-bond acceptors (Lipinski definition) is 4. The zero-order chi connectivity index (χ0) is 16.6. The zero-order valence-electron chi connectivity index (χ0n) is 13.6. The Morgan fingerprint density at radius 3 is 2.41 bits per heavy atom. The number of aliphatic carboxylic acids is 1. The third kappa shape index (κ3) is 15.0. The Balaban J connectivity index is 3.57. The van der Waals surface area contributed by atoms with Crippen LogP contribution in [0.2, 0.25) is 0 Å². The van der Waals surface area contributed by atoms with Crippen LogP contribution in [0.5, 0.6) is 0 Å². The summed E-state index contributed by atoms with van der Waals surface area (Å²) in [5, 5.41) is 20.0. The number of carboxylic acids is 1. The van der Waals surface area contributed by atoms with Crippen LogP contribution >= 0.6 is 0 Å². The van der Waals surface area contributed by atoms with E-state index in [1.807, 2.05) is 12.2 Å². The summed E-state index contributed by atoms with van der Waals surface area (Å²) in [6.07, 6.45) is 13.8. The molecule has 0 bridgehead atoms. The minimum atomic E-state index is -0.990. The molecule has 0 aromatic heterocycles. The van der Waals surface area contributed by atoms with Crippen LogP contribution < -0.4 is 5.11 Å². The number of hydrogen-bond donors (Lipinski definition) is 1. The Labute approximate surface area is 133 Å². The first-order valence-corrected chi connectivity index (χ1v) is 8.30. The van der Waals surface area contributed by atoms with Crippen LogP contribution in [0, 0.1) is 0 Å². The first kappa shape index (κ1) is 20.6. The number of ketones is 1.